The van der Waals surface area contributed by atoms with Crippen LogP contribution in [0, 0.1) is 0 Å². The fourth-order valence-corrected chi connectivity index (χ4v) is 3.84. The number of hydrogen-bond acceptors (Lipinski definition) is 6. The van der Waals surface area contributed by atoms with Crippen LogP contribution in [0.5, 0.6) is 0 Å². The van der Waals surface area contributed by atoms with Gasteiger partial charge in [-0.25, -0.2) is 9.97 Å². The molecule has 1 aromatic heterocycles. The van der Waals surface area contributed by atoms with Gasteiger partial charge in [0.1, 0.15) is 18.0 Å². The molecule has 0 spiro atoms. The van der Waals surface area contributed by atoms with Crippen LogP contribution < -0.4 is 20.9 Å². The summed E-state index contributed by atoms with van der Waals surface area (Å²) in [6, 6.07) is 7.45. The lowest BCUT2D eigenvalue weighted by molar-refractivity contribution is -0.120. The van der Waals surface area contributed by atoms with Crippen LogP contribution in [0.2, 0.25) is 10.0 Å². The van der Waals surface area contributed by atoms with Crippen molar-refractivity contribution in [3.05, 3.63) is 40.6 Å². The third-order valence-electron chi connectivity index (χ3n) is 4.52. The maximum absolute atomic E-state index is 12.4. The summed E-state index contributed by atoms with van der Waals surface area (Å²) in [5, 5.41) is 10.5. The fourth-order valence-electron chi connectivity index (χ4n) is 3.31. The Bertz CT molecular complexity index is 827. The Kier molecular flexibility index (Phi) is 7.39. The van der Waals surface area contributed by atoms with Crippen LogP contribution in [0.25, 0.3) is 0 Å². The highest BCUT2D eigenvalue weighted by atomic mass is 35.5. The summed E-state index contributed by atoms with van der Waals surface area (Å²) in [5.41, 5.74) is 0.717. The molecule has 1 aliphatic heterocycles. The first kappa shape index (κ1) is 21.5. The van der Waals surface area contributed by atoms with Gasteiger partial charge in [-0.3, -0.25) is 4.79 Å². The molecule has 3 rings (SSSR count). The van der Waals surface area contributed by atoms with Gasteiger partial charge in [0.15, 0.2) is 0 Å². The number of aromatic nitrogens is 2. The van der Waals surface area contributed by atoms with Crippen LogP contribution in [0.3, 0.4) is 0 Å². The Balaban J connectivity index is 1.53. The quantitative estimate of drug-likeness (QED) is 0.612. The highest BCUT2D eigenvalue weighted by Gasteiger charge is 2.22. The van der Waals surface area contributed by atoms with Gasteiger partial charge >= 0.3 is 0 Å². The molecule has 7 nitrogen and oxygen atoms in total. The first-order chi connectivity index (χ1) is 13.9. The summed E-state index contributed by atoms with van der Waals surface area (Å²) >= 11 is 12.0. The number of anilines is 3. The van der Waals surface area contributed by atoms with E-state index < -0.39 is 0 Å². The van der Waals surface area contributed by atoms with Crippen LogP contribution in [-0.4, -0.2) is 47.6 Å². The van der Waals surface area contributed by atoms with Gasteiger partial charge < -0.3 is 20.9 Å². The van der Waals surface area contributed by atoms with Gasteiger partial charge in [-0.2, -0.15) is 0 Å². The Morgan fingerprint density at radius 3 is 2.69 bits per heavy atom. The lowest BCUT2D eigenvalue weighted by atomic mass is 10.1. The lowest BCUT2D eigenvalue weighted by Crippen LogP contribution is -2.49. The molecule has 1 amide bonds. The monoisotopic (exact) mass is 436 g/mol. The number of nitrogens with one attached hydrogen (secondary N) is 3. The molecule has 1 fully saturated rings. The molecule has 1 aliphatic rings. The number of carbonyl (C=O) groups excluding carboxylic acids is 1. The highest BCUT2D eigenvalue weighted by molar-refractivity contribution is 6.35. The maximum atomic E-state index is 12.4. The van der Waals surface area contributed by atoms with Crippen molar-refractivity contribution in [2.45, 2.75) is 38.8 Å². The molecule has 3 N–H and O–H groups in total. The van der Waals surface area contributed by atoms with Crippen molar-refractivity contribution in [1.82, 2.24) is 15.3 Å². The molecule has 1 atom stereocenters. The van der Waals surface area contributed by atoms with Crippen molar-refractivity contribution in [3.8, 4) is 0 Å². The third-order valence-corrected chi connectivity index (χ3v) is 4.95. The van der Waals surface area contributed by atoms with Crippen molar-refractivity contribution < 1.29 is 4.79 Å². The van der Waals surface area contributed by atoms with Gasteiger partial charge in [0.25, 0.3) is 0 Å². The third kappa shape index (κ3) is 6.65. The molecule has 156 valence electrons. The molecule has 2 aromatic rings. The molecule has 0 bridgehead atoms. The highest BCUT2D eigenvalue weighted by Crippen LogP contribution is 2.22. The number of rotatable bonds is 7. The van der Waals surface area contributed by atoms with E-state index in [4.69, 9.17) is 23.2 Å². The van der Waals surface area contributed by atoms with Crippen molar-refractivity contribution in [2.75, 3.05) is 35.2 Å². The Morgan fingerprint density at radius 1 is 1.21 bits per heavy atom. The van der Waals surface area contributed by atoms with Crippen molar-refractivity contribution >= 4 is 46.4 Å². The van der Waals surface area contributed by atoms with E-state index in [1.807, 2.05) is 6.07 Å². The van der Waals surface area contributed by atoms with E-state index >= 15 is 0 Å². The molecular formula is C20H26Cl2N6O. The van der Waals surface area contributed by atoms with E-state index in [1.165, 1.54) is 0 Å². The predicted octanol–water partition coefficient (Wildman–Crippen LogP) is 3.80. The molecule has 1 unspecified atom stereocenters. The summed E-state index contributed by atoms with van der Waals surface area (Å²) in [6.07, 6.45) is 3.49. The normalized spacial score (nSPS) is 16.6. The smallest absolute Gasteiger partial charge is 0.239 e. The van der Waals surface area contributed by atoms with Gasteiger partial charge in [-0.15, -0.1) is 0 Å². The van der Waals surface area contributed by atoms with Gasteiger partial charge in [0.2, 0.25) is 5.91 Å². The molecule has 29 heavy (non-hydrogen) atoms. The van der Waals surface area contributed by atoms with E-state index in [0.29, 0.717) is 28.3 Å². The van der Waals surface area contributed by atoms with E-state index in [1.54, 1.807) is 24.5 Å². The molecule has 2 heterocycles. The van der Waals surface area contributed by atoms with E-state index in [2.05, 4.69) is 44.7 Å². The molecule has 0 radical (unpaired) electrons. The first-order valence-electron chi connectivity index (χ1n) is 9.72. The van der Waals surface area contributed by atoms with Crippen molar-refractivity contribution in [2.24, 2.45) is 0 Å². The summed E-state index contributed by atoms with van der Waals surface area (Å²) in [7, 11) is 0. The average molecular weight is 437 g/mol. The van der Waals surface area contributed by atoms with Gasteiger partial charge in [-0.1, -0.05) is 23.2 Å². The Hall–Kier alpha value is -2.25. The molecular weight excluding hydrogens is 411 g/mol. The Labute approximate surface area is 181 Å². The standard InChI is InChI=1S/C20H26Cl2N6O/c1-13(2)26-18-9-19(25-12-24-18)28-5-3-4-16(11-28)27-20(29)10-23-17-7-14(21)6-15(22)8-17/h6-9,12-13,16,23H,3-5,10-11H2,1-2H3,(H,27,29)(H,24,25,26). The summed E-state index contributed by atoms with van der Waals surface area (Å²) in [5.74, 6) is 1.60. The molecule has 9 heteroatoms. The van der Waals surface area contributed by atoms with Crippen LogP contribution in [0.15, 0.2) is 30.6 Å². The van der Waals surface area contributed by atoms with E-state index in [0.717, 1.165) is 31.0 Å². The van der Waals surface area contributed by atoms with Crippen LogP contribution in [0.1, 0.15) is 26.7 Å². The van der Waals surface area contributed by atoms with E-state index in [9.17, 15) is 4.79 Å². The zero-order chi connectivity index (χ0) is 20.8. The van der Waals surface area contributed by atoms with Crippen LogP contribution >= 0.6 is 23.2 Å². The fraction of sp³-hybridized carbons (Fsp3) is 0.450. The second-order valence-electron chi connectivity index (χ2n) is 7.42. The largest absolute Gasteiger partial charge is 0.376 e. The average Bonchev–Trinajstić information content (AvgIpc) is 2.66. The van der Waals surface area contributed by atoms with Crippen LogP contribution in [-0.2, 0) is 4.79 Å². The zero-order valence-electron chi connectivity index (χ0n) is 16.6. The zero-order valence-corrected chi connectivity index (χ0v) is 18.1. The van der Waals surface area contributed by atoms with Crippen molar-refractivity contribution in [3.63, 3.8) is 0 Å². The minimum absolute atomic E-state index is 0.0671. The number of halogens is 2. The summed E-state index contributed by atoms with van der Waals surface area (Å²) < 4.78 is 0. The van der Waals surface area contributed by atoms with Crippen LogP contribution in [0.4, 0.5) is 17.3 Å². The number of benzene rings is 1. The van der Waals surface area contributed by atoms with Gasteiger partial charge in [0, 0.05) is 47.0 Å². The first-order valence-corrected chi connectivity index (χ1v) is 10.5. The lowest BCUT2D eigenvalue weighted by Gasteiger charge is -2.34. The number of amides is 1. The SMILES string of the molecule is CC(C)Nc1cc(N2CCCC(NC(=O)CNc3cc(Cl)cc(Cl)c3)C2)ncn1. The molecule has 1 aromatic carbocycles. The number of carbonyl (C=O) groups is 1. The topological polar surface area (TPSA) is 82.2 Å². The number of piperidine rings is 1. The Morgan fingerprint density at radius 2 is 1.97 bits per heavy atom. The minimum Gasteiger partial charge on any atom is -0.376 e. The second kappa shape index (κ2) is 9.98. The summed E-state index contributed by atoms with van der Waals surface area (Å²) in [6.45, 7) is 5.92. The minimum atomic E-state index is -0.0715. The predicted molar refractivity (Wildman–Crippen MR) is 119 cm³/mol. The van der Waals surface area contributed by atoms with Gasteiger partial charge in [0.05, 0.1) is 6.54 Å². The van der Waals surface area contributed by atoms with E-state index in [-0.39, 0.29) is 18.5 Å². The molecule has 1 saturated heterocycles. The molecule has 0 saturated carbocycles. The summed E-state index contributed by atoms with van der Waals surface area (Å²) in [4.78, 5) is 23.2. The van der Waals surface area contributed by atoms with Gasteiger partial charge in [-0.05, 0) is 44.9 Å². The number of nitrogens with zero attached hydrogens (tertiary/aromatic N) is 3. The molecule has 0 aliphatic carbocycles. The second-order valence-corrected chi connectivity index (χ2v) is 8.30. The van der Waals surface area contributed by atoms with Crippen molar-refractivity contribution in [1.29, 1.82) is 0 Å². The number of hydrogen-bond donors (Lipinski definition) is 3. The maximum Gasteiger partial charge on any atom is 0.239 e.